The highest BCUT2D eigenvalue weighted by Gasteiger charge is 2.22. The summed E-state index contributed by atoms with van der Waals surface area (Å²) < 4.78 is 57.8. The Morgan fingerprint density at radius 3 is 2.43 bits per heavy atom. The number of benzene rings is 2. The van der Waals surface area contributed by atoms with E-state index in [1.54, 1.807) is 0 Å². The van der Waals surface area contributed by atoms with Gasteiger partial charge in [-0.1, -0.05) is 0 Å². The summed E-state index contributed by atoms with van der Waals surface area (Å²) in [5.74, 6) is -2.22. The SMILES string of the molecule is COc1ccc([N+](=O)[O-])cc1NS(=O)(=O)c1ccc(F)cc1F. The minimum absolute atomic E-state index is 0.00157. The van der Waals surface area contributed by atoms with Crippen LogP contribution in [0.3, 0.4) is 0 Å². The number of hydrogen-bond donors (Lipinski definition) is 1. The Kier molecular flexibility index (Phi) is 4.45. The minimum Gasteiger partial charge on any atom is -0.495 e. The summed E-state index contributed by atoms with van der Waals surface area (Å²) in [6.07, 6.45) is 0. The summed E-state index contributed by atoms with van der Waals surface area (Å²) in [4.78, 5) is 9.24. The second-order valence-corrected chi connectivity index (χ2v) is 5.97. The molecular formula is C13H10F2N2O5S. The van der Waals surface area contributed by atoms with Crippen molar-refractivity contribution in [3.05, 3.63) is 58.1 Å². The van der Waals surface area contributed by atoms with Gasteiger partial charge < -0.3 is 4.74 Å². The predicted molar refractivity (Wildman–Crippen MR) is 76.8 cm³/mol. The summed E-state index contributed by atoms with van der Waals surface area (Å²) >= 11 is 0. The number of ether oxygens (including phenoxy) is 1. The van der Waals surface area contributed by atoms with E-state index in [0.717, 1.165) is 24.3 Å². The Labute approximate surface area is 129 Å². The minimum atomic E-state index is -4.43. The maximum absolute atomic E-state index is 13.6. The highest BCUT2D eigenvalue weighted by molar-refractivity contribution is 7.92. The van der Waals surface area contributed by atoms with Gasteiger partial charge in [0.1, 0.15) is 22.3 Å². The molecule has 0 spiro atoms. The lowest BCUT2D eigenvalue weighted by molar-refractivity contribution is -0.384. The molecule has 0 aromatic heterocycles. The first kappa shape index (κ1) is 16.6. The van der Waals surface area contributed by atoms with E-state index in [1.165, 1.54) is 13.2 Å². The van der Waals surface area contributed by atoms with Crippen molar-refractivity contribution in [2.45, 2.75) is 4.90 Å². The monoisotopic (exact) mass is 344 g/mol. The van der Waals surface area contributed by atoms with Crippen LogP contribution in [-0.2, 0) is 10.0 Å². The first-order valence-electron chi connectivity index (χ1n) is 6.05. The van der Waals surface area contributed by atoms with Crippen LogP contribution in [0.4, 0.5) is 20.2 Å². The van der Waals surface area contributed by atoms with Crippen LogP contribution in [0.25, 0.3) is 0 Å². The van der Waals surface area contributed by atoms with Crippen molar-refractivity contribution < 1.29 is 26.9 Å². The Hall–Kier alpha value is -2.75. The normalized spacial score (nSPS) is 11.1. The van der Waals surface area contributed by atoms with Gasteiger partial charge in [0.2, 0.25) is 0 Å². The summed E-state index contributed by atoms with van der Waals surface area (Å²) in [6, 6.07) is 5.18. The second-order valence-electron chi connectivity index (χ2n) is 4.32. The Balaban J connectivity index is 2.48. The van der Waals surface area contributed by atoms with Crippen LogP contribution in [-0.4, -0.2) is 20.5 Å². The van der Waals surface area contributed by atoms with Gasteiger partial charge in [0.25, 0.3) is 15.7 Å². The molecule has 0 aliphatic rings. The highest BCUT2D eigenvalue weighted by atomic mass is 32.2. The Morgan fingerprint density at radius 1 is 1.17 bits per heavy atom. The van der Waals surface area contributed by atoms with Gasteiger partial charge >= 0.3 is 0 Å². The quantitative estimate of drug-likeness (QED) is 0.664. The van der Waals surface area contributed by atoms with E-state index in [-0.39, 0.29) is 17.1 Å². The van der Waals surface area contributed by atoms with E-state index in [9.17, 15) is 27.3 Å². The van der Waals surface area contributed by atoms with Crippen molar-refractivity contribution in [3.8, 4) is 5.75 Å². The van der Waals surface area contributed by atoms with Gasteiger partial charge in [0.15, 0.2) is 0 Å². The van der Waals surface area contributed by atoms with Crippen LogP contribution in [0.2, 0.25) is 0 Å². The first-order chi connectivity index (χ1) is 10.7. The van der Waals surface area contributed by atoms with Gasteiger partial charge in [0, 0.05) is 18.2 Å². The van der Waals surface area contributed by atoms with Gasteiger partial charge in [0.05, 0.1) is 17.7 Å². The number of nitrogens with one attached hydrogen (secondary N) is 1. The van der Waals surface area contributed by atoms with Crippen molar-refractivity contribution in [1.29, 1.82) is 0 Å². The molecule has 2 aromatic carbocycles. The van der Waals surface area contributed by atoms with E-state index in [0.29, 0.717) is 6.07 Å². The molecule has 0 radical (unpaired) electrons. The number of rotatable bonds is 5. The van der Waals surface area contributed by atoms with Gasteiger partial charge in [-0.2, -0.15) is 0 Å². The van der Waals surface area contributed by atoms with Crippen molar-refractivity contribution in [3.63, 3.8) is 0 Å². The van der Waals surface area contributed by atoms with Crippen LogP contribution < -0.4 is 9.46 Å². The number of methoxy groups -OCH3 is 1. The molecule has 23 heavy (non-hydrogen) atoms. The van der Waals surface area contributed by atoms with Crippen molar-refractivity contribution in [1.82, 2.24) is 0 Å². The van der Waals surface area contributed by atoms with E-state index in [4.69, 9.17) is 4.74 Å². The fraction of sp³-hybridized carbons (Fsp3) is 0.0769. The van der Waals surface area contributed by atoms with Crippen LogP contribution in [0.5, 0.6) is 5.75 Å². The number of non-ortho nitro benzene ring substituents is 1. The molecule has 0 fully saturated rings. The molecule has 0 saturated carbocycles. The number of anilines is 1. The molecule has 0 heterocycles. The number of hydrogen-bond acceptors (Lipinski definition) is 5. The number of halogens is 2. The fourth-order valence-electron chi connectivity index (χ4n) is 1.78. The van der Waals surface area contributed by atoms with Crippen LogP contribution in [0.1, 0.15) is 0 Å². The summed E-state index contributed by atoms with van der Waals surface area (Å²) in [7, 11) is -3.20. The van der Waals surface area contributed by atoms with Gasteiger partial charge in [-0.25, -0.2) is 17.2 Å². The molecule has 1 N–H and O–H groups in total. The van der Waals surface area contributed by atoms with Crippen LogP contribution >= 0.6 is 0 Å². The smallest absolute Gasteiger partial charge is 0.271 e. The van der Waals surface area contributed by atoms with Gasteiger partial charge in [-0.15, -0.1) is 0 Å². The summed E-state index contributed by atoms with van der Waals surface area (Å²) in [5, 5.41) is 10.8. The molecule has 2 aromatic rings. The summed E-state index contributed by atoms with van der Waals surface area (Å²) in [5.41, 5.74) is -0.631. The molecule has 0 bridgehead atoms. The fourth-order valence-corrected chi connectivity index (χ4v) is 2.90. The molecule has 0 saturated heterocycles. The second kappa shape index (κ2) is 6.16. The lowest BCUT2D eigenvalue weighted by Crippen LogP contribution is -2.15. The zero-order valence-electron chi connectivity index (χ0n) is 11.6. The number of nitro benzene ring substituents is 1. The van der Waals surface area contributed by atoms with Gasteiger partial charge in [-0.3, -0.25) is 14.8 Å². The van der Waals surface area contributed by atoms with E-state index >= 15 is 0 Å². The van der Waals surface area contributed by atoms with Crippen LogP contribution in [0.15, 0.2) is 41.3 Å². The third-order valence-corrected chi connectivity index (χ3v) is 4.22. The molecule has 0 amide bonds. The van der Waals surface area contributed by atoms with E-state index < -0.39 is 31.5 Å². The highest BCUT2D eigenvalue weighted by Crippen LogP contribution is 2.31. The van der Waals surface area contributed by atoms with Crippen molar-refractivity contribution in [2.24, 2.45) is 0 Å². The zero-order chi connectivity index (χ0) is 17.2. The molecule has 0 atom stereocenters. The zero-order valence-corrected chi connectivity index (χ0v) is 12.4. The first-order valence-corrected chi connectivity index (χ1v) is 7.53. The van der Waals surface area contributed by atoms with Crippen LogP contribution in [0, 0.1) is 21.7 Å². The maximum atomic E-state index is 13.6. The van der Waals surface area contributed by atoms with Gasteiger partial charge in [-0.05, 0) is 18.2 Å². The average molecular weight is 344 g/mol. The molecule has 2 rings (SSSR count). The third-order valence-electron chi connectivity index (χ3n) is 2.82. The lowest BCUT2D eigenvalue weighted by atomic mass is 10.2. The maximum Gasteiger partial charge on any atom is 0.271 e. The number of nitro groups is 1. The molecule has 0 aliphatic carbocycles. The molecule has 7 nitrogen and oxygen atoms in total. The topological polar surface area (TPSA) is 98.5 Å². The summed E-state index contributed by atoms with van der Waals surface area (Å²) in [6.45, 7) is 0. The Morgan fingerprint density at radius 2 is 1.87 bits per heavy atom. The van der Waals surface area contributed by atoms with Crippen molar-refractivity contribution >= 4 is 21.4 Å². The predicted octanol–water partition coefficient (Wildman–Crippen LogP) is 2.68. The van der Waals surface area contributed by atoms with E-state index in [2.05, 4.69) is 0 Å². The number of sulfonamides is 1. The Bertz CT molecular complexity index is 871. The molecule has 0 aliphatic heterocycles. The molecule has 10 heteroatoms. The number of nitrogens with zero attached hydrogens (tertiary/aromatic N) is 1. The van der Waals surface area contributed by atoms with E-state index in [1.807, 2.05) is 4.72 Å². The standard InChI is InChI=1S/C13H10F2N2O5S/c1-22-12-4-3-9(17(18)19)7-11(12)16-23(20,21)13-5-2-8(14)6-10(13)15/h2-7,16H,1H3. The molecule has 122 valence electrons. The molecule has 0 unspecified atom stereocenters. The van der Waals surface area contributed by atoms with Crippen molar-refractivity contribution in [2.75, 3.05) is 11.8 Å². The third kappa shape index (κ3) is 3.54. The largest absolute Gasteiger partial charge is 0.495 e. The average Bonchev–Trinajstić information content (AvgIpc) is 2.46. The lowest BCUT2D eigenvalue weighted by Gasteiger charge is -2.12. The molecular weight excluding hydrogens is 334 g/mol.